The lowest BCUT2D eigenvalue weighted by Gasteiger charge is -2.07. The topological polar surface area (TPSA) is 40.9 Å². The number of rotatable bonds is 5. The van der Waals surface area contributed by atoms with Crippen molar-refractivity contribution in [2.45, 2.75) is 26.7 Å². The average Bonchev–Trinajstić information content (AvgIpc) is 2.11. The predicted octanol–water partition coefficient (Wildman–Crippen LogP) is 2.00. The highest BCUT2D eigenvalue weighted by Crippen LogP contribution is 2.10. The first-order chi connectivity index (χ1) is 6.02. The van der Waals surface area contributed by atoms with E-state index in [1.165, 1.54) is 6.08 Å². The zero-order valence-electron chi connectivity index (χ0n) is 8.18. The van der Waals surface area contributed by atoms with Crippen LogP contribution < -0.4 is 0 Å². The molecular formula is C10H14BNO. The molecule has 0 aliphatic carbocycles. The highest BCUT2D eigenvalue weighted by Gasteiger charge is 2.07. The van der Waals surface area contributed by atoms with Crippen LogP contribution in [0.2, 0.25) is 0 Å². The van der Waals surface area contributed by atoms with Gasteiger partial charge >= 0.3 is 0 Å². The predicted molar refractivity (Wildman–Crippen MR) is 56.3 cm³/mol. The summed E-state index contributed by atoms with van der Waals surface area (Å²) in [4.78, 5) is 11.1. The van der Waals surface area contributed by atoms with Gasteiger partial charge in [0.25, 0.3) is 0 Å². The molecule has 3 heteroatoms. The number of Topliss-reactive ketones (excluding diaryl/α,β-unsaturated/α-hetero) is 1. The first-order valence-electron chi connectivity index (χ1n) is 4.21. The Kier molecular flexibility index (Phi) is 5.04. The third-order valence-electron chi connectivity index (χ3n) is 1.79. The van der Waals surface area contributed by atoms with Gasteiger partial charge in [0.2, 0.25) is 0 Å². The summed E-state index contributed by atoms with van der Waals surface area (Å²) < 4.78 is 0. The third-order valence-corrected chi connectivity index (χ3v) is 1.79. The van der Waals surface area contributed by atoms with Crippen LogP contribution in [0.1, 0.15) is 26.7 Å². The van der Waals surface area contributed by atoms with Crippen LogP contribution in [0.25, 0.3) is 0 Å². The zero-order chi connectivity index (χ0) is 10.4. The molecule has 0 rings (SSSR count). The van der Waals surface area contributed by atoms with Crippen LogP contribution >= 0.6 is 0 Å². The standard InChI is InChI=1S/C10H14BNO/c1-4-8(13)6-9(7(3)12)10(11)5-2/h5,12H,2,4,6H2,1,3H3/b10-9-,12-7?. The Bertz CT molecular complexity index is 266. The molecule has 0 fully saturated rings. The van der Waals surface area contributed by atoms with E-state index in [-0.39, 0.29) is 12.2 Å². The molecule has 0 aromatic carbocycles. The van der Waals surface area contributed by atoms with E-state index < -0.39 is 0 Å². The van der Waals surface area contributed by atoms with E-state index in [1.807, 2.05) is 0 Å². The minimum absolute atomic E-state index is 0.0893. The highest BCUT2D eigenvalue weighted by atomic mass is 16.1. The van der Waals surface area contributed by atoms with Crippen LogP contribution in [-0.4, -0.2) is 19.3 Å². The number of hydrogen-bond donors (Lipinski definition) is 1. The summed E-state index contributed by atoms with van der Waals surface area (Å²) in [6.07, 6.45) is 2.18. The van der Waals surface area contributed by atoms with Crippen molar-refractivity contribution in [1.82, 2.24) is 0 Å². The molecule has 0 aromatic rings. The molecule has 0 bridgehead atoms. The van der Waals surface area contributed by atoms with E-state index in [0.717, 1.165) is 0 Å². The fourth-order valence-electron chi connectivity index (χ4n) is 0.897. The van der Waals surface area contributed by atoms with Crippen molar-refractivity contribution in [2.24, 2.45) is 0 Å². The van der Waals surface area contributed by atoms with Gasteiger partial charge in [0, 0.05) is 18.6 Å². The summed E-state index contributed by atoms with van der Waals surface area (Å²) in [6.45, 7) is 6.92. The van der Waals surface area contributed by atoms with Gasteiger partial charge in [0.05, 0.1) is 0 Å². The Morgan fingerprint density at radius 2 is 2.15 bits per heavy atom. The van der Waals surface area contributed by atoms with Gasteiger partial charge in [-0.1, -0.05) is 25.1 Å². The van der Waals surface area contributed by atoms with Crippen molar-refractivity contribution in [3.05, 3.63) is 23.7 Å². The van der Waals surface area contributed by atoms with Gasteiger partial charge in [-0.3, -0.25) is 4.79 Å². The van der Waals surface area contributed by atoms with Crippen molar-refractivity contribution >= 4 is 19.3 Å². The van der Waals surface area contributed by atoms with Crippen LogP contribution in [0.3, 0.4) is 0 Å². The number of ketones is 1. The Hall–Kier alpha value is -1.12. The molecule has 0 spiro atoms. The Labute approximate surface area is 80.6 Å². The summed E-state index contributed by atoms with van der Waals surface area (Å²) >= 11 is 0. The lowest BCUT2D eigenvalue weighted by atomic mass is 9.86. The lowest BCUT2D eigenvalue weighted by molar-refractivity contribution is -0.118. The van der Waals surface area contributed by atoms with Crippen LogP contribution in [0.5, 0.6) is 0 Å². The average molecular weight is 175 g/mol. The maximum Gasteiger partial charge on any atom is 0.137 e. The number of allylic oxidation sites excluding steroid dienone is 3. The van der Waals surface area contributed by atoms with E-state index >= 15 is 0 Å². The summed E-state index contributed by atoms with van der Waals surface area (Å²) in [5.41, 5.74) is 1.34. The van der Waals surface area contributed by atoms with Crippen molar-refractivity contribution in [1.29, 1.82) is 5.41 Å². The van der Waals surface area contributed by atoms with Gasteiger partial charge in [0.15, 0.2) is 0 Å². The van der Waals surface area contributed by atoms with E-state index in [4.69, 9.17) is 13.3 Å². The molecule has 68 valence electrons. The number of nitrogens with one attached hydrogen (secondary N) is 1. The first-order valence-corrected chi connectivity index (χ1v) is 4.21. The van der Waals surface area contributed by atoms with Crippen molar-refractivity contribution in [3.63, 3.8) is 0 Å². The maximum atomic E-state index is 11.1. The fraction of sp³-hybridized carbons (Fsp3) is 0.400. The fourth-order valence-corrected chi connectivity index (χ4v) is 0.897. The maximum absolute atomic E-state index is 11.1. The number of carbonyl (C=O) groups excluding carboxylic acids is 1. The second-order valence-corrected chi connectivity index (χ2v) is 2.83. The summed E-state index contributed by atoms with van der Waals surface area (Å²) in [5.74, 6) is 0.0893. The number of hydrogen-bond acceptors (Lipinski definition) is 2. The molecule has 0 aliphatic rings. The molecule has 0 amide bonds. The minimum Gasteiger partial charge on any atom is -0.305 e. The van der Waals surface area contributed by atoms with Crippen LogP contribution in [0.4, 0.5) is 0 Å². The highest BCUT2D eigenvalue weighted by molar-refractivity contribution is 6.27. The Balaban J connectivity index is 4.74. The van der Waals surface area contributed by atoms with Gasteiger partial charge < -0.3 is 5.41 Å². The van der Waals surface area contributed by atoms with Gasteiger partial charge in [-0.15, -0.1) is 0 Å². The first kappa shape index (κ1) is 11.9. The molecular weight excluding hydrogens is 161 g/mol. The SMILES string of the molecule is [B]/C(C=C)=C(/CC(=O)CC)C(C)=N. The van der Waals surface area contributed by atoms with E-state index in [9.17, 15) is 4.79 Å². The molecule has 0 aliphatic heterocycles. The summed E-state index contributed by atoms with van der Waals surface area (Å²) in [7, 11) is 5.59. The Morgan fingerprint density at radius 1 is 1.62 bits per heavy atom. The van der Waals surface area contributed by atoms with Gasteiger partial charge in [0.1, 0.15) is 13.6 Å². The molecule has 0 aromatic heterocycles. The second kappa shape index (κ2) is 5.52. The number of carbonyl (C=O) groups is 1. The monoisotopic (exact) mass is 175 g/mol. The van der Waals surface area contributed by atoms with Crippen molar-refractivity contribution < 1.29 is 4.79 Å². The molecule has 0 heterocycles. The molecule has 0 saturated carbocycles. The quantitative estimate of drug-likeness (QED) is 0.387. The Morgan fingerprint density at radius 3 is 2.46 bits per heavy atom. The van der Waals surface area contributed by atoms with Gasteiger partial charge in [-0.2, -0.15) is 0 Å². The molecule has 1 N–H and O–H groups in total. The zero-order valence-corrected chi connectivity index (χ0v) is 8.18. The van der Waals surface area contributed by atoms with Crippen molar-refractivity contribution in [2.75, 3.05) is 0 Å². The minimum atomic E-state index is 0.0893. The molecule has 13 heavy (non-hydrogen) atoms. The van der Waals surface area contributed by atoms with E-state index in [1.54, 1.807) is 13.8 Å². The van der Waals surface area contributed by atoms with Crippen LogP contribution in [0.15, 0.2) is 23.7 Å². The van der Waals surface area contributed by atoms with Gasteiger partial charge in [-0.05, 0) is 12.5 Å². The molecule has 2 radical (unpaired) electrons. The van der Waals surface area contributed by atoms with Crippen LogP contribution in [-0.2, 0) is 4.79 Å². The molecule has 0 saturated heterocycles. The van der Waals surface area contributed by atoms with E-state index in [0.29, 0.717) is 23.2 Å². The van der Waals surface area contributed by atoms with Gasteiger partial charge in [-0.25, -0.2) is 0 Å². The molecule has 2 nitrogen and oxygen atoms in total. The summed E-state index contributed by atoms with van der Waals surface area (Å²) in [6, 6.07) is 0. The largest absolute Gasteiger partial charge is 0.305 e. The smallest absolute Gasteiger partial charge is 0.137 e. The normalized spacial score (nSPS) is 11.8. The molecule has 0 atom stereocenters. The third kappa shape index (κ3) is 3.88. The summed E-state index contributed by atoms with van der Waals surface area (Å²) in [5, 5.41) is 7.42. The lowest BCUT2D eigenvalue weighted by Crippen LogP contribution is -2.06. The van der Waals surface area contributed by atoms with Crippen LogP contribution in [0, 0.1) is 5.41 Å². The second-order valence-electron chi connectivity index (χ2n) is 2.83. The van der Waals surface area contributed by atoms with Crippen molar-refractivity contribution in [3.8, 4) is 0 Å². The molecule has 0 unspecified atom stereocenters. The van der Waals surface area contributed by atoms with E-state index in [2.05, 4.69) is 6.58 Å².